The second-order valence-corrected chi connectivity index (χ2v) is 6.85. The van der Waals surface area contributed by atoms with Gasteiger partial charge in [0.2, 0.25) is 0 Å². The van der Waals surface area contributed by atoms with Gasteiger partial charge in [-0.3, -0.25) is 0 Å². The number of thiazole rings is 1. The fraction of sp³-hybridized carbons (Fsp3) is 0.333. The van der Waals surface area contributed by atoms with Gasteiger partial charge in [-0.25, -0.2) is 9.97 Å². The first-order valence-electron chi connectivity index (χ1n) is 6.68. The van der Waals surface area contributed by atoms with Crippen molar-refractivity contribution in [3.05, 3.63) is 40.1 Å². The van der Waals surface area contributed by atoms with Gasteiger partial charge in [-0.1, -0.05) is 0 Å². The van der Waals surface area contributed by atoms with Crippen LogP contribution in [-0.2, 0) is 6.54 Å². The molecule has 0 saturated carbocycles. The van der Waals surface area contributed by atoms with Gasteiger partial charge in [-0.15, -0.1) is 22.9 Å². The Morgan fingerprint density at radius 1 is 1.43 bits per heavy atom. The standard InChI is InChI=1S/C15H16ClN3OS/c1-9(16)15-18-13-5-4-11(20-3)6-14(13)19(15)8-12-7-17-10(2)21-12/h4-7,9H,8H2,1-3H3. The lowest BCUT2D eigenvalue weighted by Gasteiger charge is -2.09. The number of hydrogen-bond donors (Lipinski definition) is 0. The molecule has 0 amide bonds. The molecule has 0 fully saturated rings. The fourth-order valence-electron chi connectivity index (χ4n) is 2.35. The van der Waals surface area contributed by atoms with E-state index < -0.39 is 0 Å². The van der Waals surface area contributed by atoms with Crippen molar-refractivity contribution in [2.24, 2.45) is 0 Å². The molecule has 2 aromatic heterocycles. The Morgan fingerprint density at radius 3 is 2.86 bits per heavy atom. The molecule has 110 valence electrons. The summed E-state index contributed by atoms with van der Waals surface area (Å²) in [6, 6.07) is 5.88. The van der Waals surface area contributed by atoms with Crippen LogP contribution in [-0.4, -0.2) is 21.6 Å². The van der Waals surface area contributed by atoms with Crippen LogP contribution >= 0.6 is 22.9 Å². The summed E-state index contributed by atoms with van der Waals surface area (Å²) in [5.41, 5.74) is 1.96. The van der Waals surface area contributed by atoms with Gasteiger partial charge in [-0.2, -0.15) is 0 Å². The number of imidazole rings is 1. The van der Waals surface area contributed by atoms with Gasteiger partial charge in [0, 0.05) is 17.1 Å². The zero-order valence-corrected chi connectivity index (χ0v) is 13.7. The molecule has 0 aliphatic carbocycles. The van der Waals surface area contributed by atoms with Gasteiger partial charge < -0.3 is 9.30 Å². The number of methoxy groups -OCH3 is 1. The minimum Gasteiger partial charge on any atom is -0.497 e. The van der Waals surface area contributed by atoms with Crippen molar-refractivity contribution in [1.29, 1.82) is 0 Å². The van der Waals surface area contributed by atoms with E-state index in [0.717, 1.165) is 34.2 Å². The number of nitrogens with zero attached hydrogens (tertiary/aromatic N) is 3. The van der Waals surface area contributed by atoms with E-state index in [1.54, 1.807) is 18.4 Å². The lowest BCUT2D eigenvalue weighted by atomic mass is 10.3. The molecule has 0 bridgehead atoms. The summed E-state index contributed by atoms with van der Waals surface area (Å²) >= 11 is 7.99. The van der Waals surface area contributed by atoms with E-state index in [4.69, 9.17) is 16.3 Å². The Morgan fingerprint density at radius 2 is 2.24 bits per heavy atom. The normalized spacial score (nSPS) is 12.8. The molecular formula is C15H16ClN3OS. The number of halogens is 1. The van der Waals surface area contributed by atoms with Crippen molar-refractivity contribution >= 4 is 34.0 Å². The molecule has 0 saturated heterocycles. The summed E-state index contributed by atoms with van der Waals surface area (Å²) in [6.07, 6.45) is 1.91. The van der Waals surface area contributed by atoms with Crippen LogP contribution in [0.3, 0.4) is 0 Å². The maximum Gasteiger partial charge on any atom is 0.128 e. The van der Waals surface area contributed by atoms with Crippen LogP contribution in [0, 0.1) is 6.92 Å². The third kappa shape index (κ3) is 2.76. The second-order valence-electron chi connectivity index (χ2n) is 4.87. The predicted molar refractivity (Wildman–Crippen MR) is 86.5 cm³/mol. The van der Waals surface area contributed by atoms with Crippen LogP contribution in [0.5, 0.6) is 5.75 Å². The van der Waals surface area contributed by atoms with Crippen LogP contribution in [0.25, 0.3) is 11.0 Å². The summed E-state index contributed by atoms with van der Waals surface area (Å²) < 4.78 is 7.46. The summed E-state index contributed by atoms with van der Waals surface area (Å²) in [5, 5.41) is 0.907. The molecule has 2 heterocycles. The summed E-state index contributed by atoms with van der Waals surface area (Å²) in [6.45, 7) is 4.67. The molecule has 4 nitrogen and oxygen atoms in total. The van der Waals surface area contributed by atoms with Crippen molar-refractivity contribution < 1.29 is 4.74 Å². The molecule has 6 heteroatoms. The fourth-order valence-corrected chi connectivity index (χ4v) is 3.30. The van der Waals surface area contributed by atoms with Crippen LogP contribution in [0.15, 0.2) is 24.4 Å². The minimum atomic E-state index is -0.155. The second kappa shape index (κ2) is 5.66. The van der Waals surface area contributed by atoms with E-state index in [9.17, 15) is 0 Å². The zero-order chi connectivity index (χ0) is 15.0. The minimum absolute atomic E-state index is 0.155. The Labute approximate surface area is 132 Å². The van der Waals surface area contributed by atoms with Crippen LogP contribution < -0.4 is 4.74 Å². The number of hydrogen-bond acceptors (Lipinski definition) is 4. The summed E-state index contributed by atoms with van der Waals surface area (Å²) in [4.78, 5) is 10.2. The number of fused-ring (bicyclic) bond motifs is 1. The van der Waals surface area contributed by atoms with E-state index in [0.29, 0.717) is 0 Å². The highest BCUT2D eigenvalue weighted by Gasteiger charge is 2.16. The number of rotatable bonds is 4. The van der Waals surface area contributed by atoms with Gasteiger partial charge in [-0.05, 0) is 26.0 Å². The Kier molecular flexibility index (Phi) is 3.87. The number of aromatic nitrogens is 3. The van der Waals surface area contributed by atoms with Gasteiger partial charge >= 0.3 is 0 Å². The quantitative estimate of drug-likeness (QED) is 0.677. The highest BCUT2D eigenvalue weighted by atomic mass is 35.5. The number of alkyl halides is 1. The van der Waals surface area contributed by atoms with Crippen molar-refractivity contribution in [1.82, 2.24) is 14.5 Å². The smallest absolute Gasteiger partial charge is 0.128 e. The lowest BCUT2D eigenvalue weighted by Crippen LogP contribution is -2.04. The summed E-state index contributed by atoms with van der Waals surface area (Å²) in [5.74, 6) is 1.68. The maximum absolute atomic E-state index is 6.30. The largest absolute Gasteiger partial charge is 0.497 e. The molecule has 0 aliphatic rings. The first-order chi connectivity index (χ1) is 10.1. The molecule has 1 unspecified atom stereocenters. The molecule has 0 radical (unpaired) electrons. The molecule has 21 heavy (non-hydrogen) atoms. The highest BCUT2D eigenvalue weighted by molar-refractivity contribution is 7.11. The third-order valence-electron chi connectivity index (χ3n) is 3.32. The number of benzene rings is 1. The van der Waals surface area contributed by atoms with Gasteiger partial charge in [0.1, 0.15) is 11.6 Å². The molecule has 3 aromatic rings. The monoisotopic (exact) mass is 321 g/mol. The molecule has 0 N–H and O–H groups in total. The SMILES string of the molecule is COc1ccc2nc(C(C)Cl)n(Cc3cnc(C)s3)c2c1. The lowest BCUT2D eigenvalue weighted by molar-refractivity contribution is 0.415. The molecule has 1 aromatic carbocycles. The van der Waals surface area contributed by atoms with E-state index >= 15 is 0 Å². The number of ether oxygens (including phenoxy) is 1. The highest BCUT2D eigenvalue weighted by Crippen LogP contribution is 2.28. The molecule has 0 spiro atoms. The Balaban J connectivity index is 2.14. The van der Waals surface area contributed by atoms with E-state index in [1.807, 2.05) is 38.2 Å². The third-order valence-corrected chi connectivity index (χ3v) is 4.42. The van der Waals surface area contributed by atoms with Crippen LogP contribution in [0.1, 0.15) is 28.0 Å². The first kappa shape index (κ1) is 14.4. The predicted octanol–water partition coefficient (Wildman–Crippen LogP) is 4.16. The Bertz CT molecular complexity index is 778. The van der Waals surface area contributed by atoms with Gasteiger partial charge in [0.25, 0.3) is 0 Å². The topological polar surface area (TPSA) is 39.9 Å². The number of aryl methyl sites for hydroxylation is 1. The van der Waals surface area contributed by atoms with Crippen molar-refractivity contribution in [3.8, 4) is 5.75 Å². The van der Waals surface area contributed by atoms with E-state index in [1.165, 1.54) is 4.88 Å². The maximum atomic E-state index is 6.30. The molecule has 1 atom stereocenters. The average molecular weight is 322 g/mol. The molecule has 3 rings (SSSR count). The van der Waals surface area contributed by atoms with Gasteiger partial charge in [0.15, 0.2) is 0 Å². The molecular weight excluding hydrogens is 306 g/mol. The summed E-state index contributed by atoms with van der Waals surface area (Å²) in [7, 11) is 1.67. The average Bonchev–Trinajstić information content (AvgIpc) is 3.03. The Hall–Kier alpha value is -1.59. The van der Waals surface area contributed by atoms with Gasteiger partial charge in [0.05, 0.1) is 35.1 Å². The van der Waals surface area contributed by atoms with Crippen molar-refractivity contribution in [3.63, 3.8) is 0 Å². The van der Waals surface area contributed by atoms with Crippen LogP contribution in [0.4, 0.5) is 0 Å². The van der Waals surface area contributed by atoms with E-state index in [2.05, 4.69) is 14.5 Å². The van der Waals surface area contributed by atoms with Crippen molar-refractivity contribution in [2.45, 2.75) is 25.8 Å². The zero-order valence-electron chi connectivity index (χ0n) is 12.1. The molecule has 0 aliphatic heterocycles. The van der Waals surface area contributed by atoms with Crippen LogP contribution in [0.2, 0.25) is 0 Å². The first-order valence-corrected chi connectivity index (χ1v) is 7.93. The van der Waals surface area contributed by atoms with E-state index in [-0.39, 0.29) is 5.38 Å². The van der Waals surface area contributed by atoms with Crippen molar-refractivity contribution in [2.75, 3.05) is 7.11 Å².